The van der Waals surface area contributed by atoms with Gasteiger partial charge >= 0.3 is 0 Å². The van der Waals surface area contributed by atoms with Crippen molar-refractivity contribution >= 4 is 23.0 Å². The van der Waals surface area contributed by atoms with Crippen LogP contribution in [0.4, 0.5) is 17.1 Å². The average molecular weight is 333 g/mol. The molecule has 5 nitrogen and oxygen atoms in total. The number of para-hydroxylation sites is 3. The molecule has 0 aliphatic carbocycles. The first-order chi connectivity index (χ1) is 12.2. The highest BCUT2D eigenvalue weighted by molar-refractivity contribution is 6.03. The fourth-order valence-electron chi connectivity index (χ4n) is 2.44. The first-order valence-corrected chi connectivity index (χ1v) is 7.90. The highest BCUT2D eigenvalue weighted by Crippen LogP contribution is 2.27. The monoisotopic (exact) mass is 333 g/mol. The molecular weight excluding hydrogens is 314 g/mol. The van der Waals surface area contributed by atoms with Gasteiger partial charge in [-0.1, -0.05) is 30.3 Å². The Hall–Kier alpha value is -3.34. The second-order valence-corrected chi connectivity index (χ2v) is 5.52. The summed E-state index contributed by atoms with van der Waals surface area (Å²) in [5, 5.41) is 6.14. The molecule has 0 bridgehead atoms. The number of aryl methyl sites for hydroxylation is 1. The van der Waals surface area contributed by atoms with Crippen molar-refractivity contribution in [1.29, 1.82) is 0 Å². The molecule has 1 amide bonds. The average Bonchev–Trinajstić information content (AvgIpc) is 2.64. The Balaban J connectivity index is 1.79. The molecule has 0 saturated carbocycles. The summed E-state index contributed by atoms with van der Waals surface area (Å²) in [5.41, 5.74) is 3.69. The van der Waals surface area contributed by atoms with E-state index in [-0.39, 0.29) is 5.91 Å². The van der Waals surface area contributed by atoms with E-state index in [1.54, 1.807) is 25.4 Å². The van der Waals surface area contributed by atoms with E-state index < -0.39 is 0 Å². The van der Waals surface area contributed by atoms with Crippen molar-refractivity contribution < 1.29 is 9.53 Å². The Labute approximate surface area is 146 Å². The molecule has 1 heterocycles. The van der Waals surface area contributed by atoms with Gasteiger partial charge in [-0.05, 0) is 42.8 Å². The van der Waals surface area contributed by atoms with Gasteiger partial charge in [0.25, 0.3) is 5.91 Å². The quantitative estimate of drug-likeness (QED) is 0.727. The van der Waals surface area contributed by atoms with E-state index in [0.717, 1.165) is 28.4 Å². The van der Waals surface area contributed by atoms with Gasteiger partial charge in [-0.3, -0.25) is 9.78 Å². The largest absolute Gasteiger partial charge is 0.495 e. The van der Waals surface area contributed by atoms with Gasteiger partial charge in [-0.2, -0.15) is 0 Å². The van der Waals surface area contributed by atoms with Crippen molar-refractivity contribution in [3.63, 3.8) is 0 Å². The topological polar surface area (TPSA) is 63.2 Å². The number of aromatic nitrogens is 1. The third-order valence-corrected chi connectivity index (χ3v) is 3.77. The maximum Gasteiger partial charge on any atom is 0.274 e. The number of ether oxygens (including phenoxy) is 1. The fourth-order valence-corrected chi connectivity index (χ4v) is 2.44. The zero-order valence-electron chi connectivity index (χ0n) is 14.1. The van der Waals surface area contributed by atoms with E-state index >= 15 is 0 Å². The highest BCUT2D eigenvalue weighted by atomic mass is 16.5. The number of hydrogen-bond donors (Lipinski definition) is 2. The van der Waals surface area contributed by atoms with Crippen LogP contribution in [0.5, 0.6) is 5.75 Å². The molecule has 2 N–H and O–H groups in total. The molecule has 3 rings (SSSR count). The number of hydrogen-bond acceptors (Lipinski definition) is 4. The van der Waals surface area contributed by atoms with E-state index in [1.165, 1.54) is 0 Å². The molecule has 5 heteroatoms. The van der Waals surface area contributed by atoms with Gasteiger partial charge < -0.3 is 15.4 Å². The second-order valence-electron chi connectivity index (χ2n) is 5.52. The van der Waals surface area contributed by atoms with E-state index in [4.69, 9.17) is 4.74 Å². The molecule has 2 aromatic carbocycles. The number of methoxy groups -OCH3 is 1. The third-order valence-electron chi connectivity index (χ3n) is 3.77. The lowest BCUT2D eigenvalue weighted by molar-refractivity contribution is 0.102. The minimum Gasteiger partial charge on any atom is -0.495 e. The van der Waals surface area contributed by atoms with Crippen molar-refractivity contribution in [1.82, 2.24) is 4.98 Å². The van der Waals surface area contributed by atoms with Crippen LogP contribution >= 0.6 is 0 Å². The fraction of sp³-hybridized carbons (Fsp3) is 0.100. The van der Waals surface area contributed by atoms with Crippen molar-refractivity contribution in [2.75, 3.05) is 17.7 Å². The van der Waals surface area contributed by atoms with Crippen LogP contribution in [0.25, 0.3) is 0 Å². The molecule has 0 spiro atoms. The van der Waals surface area contributed by atoms with Crippen molar-refractivity contribution in [3.05, 3.63) is 78.1 Å². The number of rotatable bonds is 5. The summed E-state index contributed by atoms with van der Waals surface area (Å²) >= 11 is 0. The minimum absolute atomic E-state index is 0.252. The van der Waals surface area contributed by atoms with E-state index in [9.17, 15) is 4.79 Å². The smallest absolute Gasteiger partial charge is 0.274 e. The van der Waals surface area contributed by atoms with Crippen LogP contribution in [-0.2, 0) is 0 Å². The van der Waals surface area contributed by atoms with Gasteiger partial charge in [0, 0.05) is 17.6 Å². The maximum absolute atomic E-state index is 12.5. The first kappa shape index (κ1) is 16.5. The zero-order valence-corrected chi connectivity index (χ0v) is 14.1. The first-order valence-electron chi connectivity index (χ1n) is 7.90. The molecule has 0 radical (unpaired) electrons. The van der Waals surface area contributed by atoms with Crippen LogP contribution in [0.1, 0.15) is 16.1 Å². The van der Waals surface area contributed by atoms with Crippen molar-refractivity contribution in [2.45, 2.75) is 6.92 Å². The van der Waals surface area contributed by atoms with Gasteiger partial charge in [-0.25, -0.2) is 0 Å². The number of nitrogens with zero attached hydrogens (tertiary/aromatic N) is 1. The standard InChI is InChI=1S/C20H19N3O2/c1-14-7-3-4-8-16(14)23-20(24)18-13-15(11-12-21-18)22-17-9-5-6-10-19(17)25-2/h3-13H,1-2H3,(H,21,22)(H,23,24). The molecule has 0 atom stereocenters. The predicted molar refractivity (Wildman–Crippen MR) is 99.6 cm³/mol. The second kappa shape index (κ2) is 7.49. The van der Waals surface area contributed by atoms with Crippen LogP contribution in [0.3, 0.4) is 0 Å². The summed E-state index contributed by atoms with van der Waals surface area (Å²) in [6.45, 7) is 1.95. The molecule has 0 aliphatic rings. The lowest BCUT2D eigenvalue weighted by Gasteiger charge is -2.12. The molecule has 0 saturated heterocycles. The van der Waals surface area contributed by atoms with Crippen LogP contribution in [0.2, 0.25) is 0 Å². The summed E-state index contributed by atoms with van der Waals surface area (Å²) in [6, 6.07) is 18.7. The molecule has 25 heavy (non-hydrogen) atoms. The number of nitrogens with one attached hydrogen (secondary N) is 2. The number of anilines is 3. The van der Waals surface area contributed by atoms with Gasteiger partial charge in [0.05, 0.1) is 12.8 Å². The van der Waals surface area contributed by atoms with E-state index in [2.05, 4.69) is 15.6 Å². The predicted octanol–water partition coefficient (Wildman–Crippen LogP) is 4.39. The zero-order chi connectivity index (χ0) is 17.6. The Morgan fingerprint density at radius 2 is 1.72 bits per heavy atom. The number of carbonyl (C=O) groups is 1. The van der Waals surface area contributed by atoms with Gasteiger partial charge in [-0.15, -0.1) is 0 Å². The maximum atomic E-state index is 12.5. The van der Waals surface area contributed by atoms with Crippen LogP contribution in [0.15, 0.2) is 66.9 Å². The molecule has 1 aromatic heterocycles. The number of carbonyl (C=O) groups excluding carboxylic acids is 1. The minimum atomic E-state index is -0.252. The van der Waals surface area contributed by atoms with Crippen LogP contribution < -0.4 is 15.4 Å². The van der Waals surface area contributed by atoms with Crippen molar-refractivity contribution in [2.24, 2.45) is 0 Å². The Morgan fingerprint density at radius 1 is 1.00 bits per heavy atom. The summed E-state index contributed by atoms with van der Waals surface area (Å²) in [5.74, 6) is 0.475. The van der Waals surface area contributed by atoms with Crippen LogP contribution in [-0.4, -0.2) is 18.0 Å². The molecular formula is C20H19N3O2. The molecule has 0 unspecified atom stereocenters. The summed E-state index contributed by atoms with van der Waals surface area (Å²) in [4.78, 5) is 16.6. The molecule has 126 valence electrons. The number of pyridine rings is 1. The summed E-state index contributed by atoms with van der Waals surface area (Å²) < 4.78 is 5.33. The number of benzene rings is 2. The summed E-state index contributed by atoms with van der Waals surface area (Å²) in [6.07, 6.45) is 1.60. The molecule has 0 fully saturated rings. The normalized spacial score (nSPS) is 10.2. The van der Waals surface area contributed by atoms with Crippen molar-refractivity contribution in [3.8, 4) is 5.75 Å². The Bertz CT molecular complexity index is 893. The van der Waals surface area contributed by atoms with E-state index in [1.807, 2.05) is 55.5 Å². The Morgan fingerprint density at radius 3 is 2.48 bits per heavy atom. The number of amides is 1. The van der Waals surface area contributed by atoms with Gasteiger partial charge in [0.2, 0.25) is 0 Å². The van der Waals surface area contributed by atoms with Gasteiger partial charge in [0.1, 0.15) is 11.4 Å². The molecule has 3 aromatic rings. The Kier molecular flexibility index (Phi) is 4.95. The highest BCUT2D eigenvalue weighted by Gasteiger charge is 2.10. The molecule has 0 aliphatic heterocycles. The van der Waals surface area contributed by atoms with Crippen LogP contribution in [0, 0.1) is 6.92 Å². The van der Waals surface area contributed by atoms with E-state index in [0.29, 0.717) is 5.69 Å². The summed E-state index contributed by atoms with van der Waals surface area (Å²) in [7, 11) is 1.62. The lowest BCUT2D eigenvalue weighted by atomic mass is 10.2. The lowest BCUT2D eigenvalue weighted by Crippen LogP contribution is -2.14. The third kappa shape index (κ3) is 3.95. The van der Waals surface area contributed by atoms with Gasteiger partial charge in [0.15, 0.2) is 0 Å². The SMILES string of the molecule is COc1ccccc1Nc1ccnc(C(=O)Nc2ccccc2C)c1.